The number of morpholine rings is 1. The Morgan fingerprint density at radius 1 is 0.803 bits per heavy atom. The second kappa shape index (κ2) is 20.8. The number of carbonyl (C=O) groups is 4. The van der Waals surface area contributed by atoms with Gasteiger partial charge in [0.2, 0.25) is 11.8 Å². The quantitative estimate of drug-likeness (QED) is 0.0395. The molecule has 0 bridgehead atoms. The molecule has 7 atom stereocenters. The number of nitrogens with one attached hydrogen (secondary N) is 1. The molecule has 3 aliphatic rings. The molecule has 6 aromatic rings. The molecule has 6 aromatic carbocycles. The fourth-order valence-electron chi connectivity index (χ4n) is 10.1. The van der Waals surface area contributed by atoms with Crippen LogP contribution >= 0.6 is 0 Å². The second-order valence-corrected chi connectivity index (χ2v) is 17.2. The minimum Gasteiger partial charge on any atom is -0.491 e. The van der Waals surface area contributed by atoms with Gasteiger partial charge in [-0.3, -0.25) is 29.4 Å². The summed E-state index contributed by atoms with van der Waals surface area (Å²) in [5.41, 5.74) is 0.696. The maximum atomic E-state index is 16.5. The van der Waals surface area contributed by atoms with E-state index >= 15 is 14.4 Å². The normalized spacial score (nSPS) is 21.6. The Bertz CT molecular complexity index is 3000. The number of rotatable bonds is 14. The molecule has 2 saturated heterocycles. The number of cyclic esters (lactones) is 1. The highest BCUT2D eigenvalue weighted by atomic mass is 16.6. The molecule has 0 aliphatic carbocycles. The zero-order chi connectivity index (χ0) is 49.6. The number of aliphatic hydroxyl groups is 3. The van der Waals surface area contributed by atoms with E-state index in [1.807, 2.05) is 65.6 Å². The molecule has 71 heavy (non-hydrogen) atoms. The predicted octanol–water partition coefficient (Wildman–Crippen LogP) is 6.55. The Kier molecular flexibility index (Phi) is 14.0. The lowest BCUT2D eigenvalue weighted by atomic mass is 9.65. The van der Waals surface area contributed by atoms with Gasteiger partial charge >= 0.3 is 12.1 Å². The predicted molar refractivity (Wildman–Crippen MR) is 257 cm³/mol. The van der Waals surface area contributed by atoms with E-state index in [9.17, 15) is 30.2 Å². The summed E-state index contributed by atoms with van der Waals surface area (Å²) in [7, 11) is 0. The standard InChI is InChI=1S/C55H48N4O12/c60-28-11-10-13-35-24-27-44-43(31-35)55(53(65)57(44)54(66)70-34-36-22-25-41(26-23-36)59(67)68)46(51(63)56-33-45(62)37-14-4-1-5-15-37)48-52(64)71-49(39-18-8-3-9-19-39)47(38-16-6-2-7-17-38)58(48)50(55)40-20-12-21-42(32-40)69-30-29-61/h1-9,12,14-27,31-32,45-50,60-62H,11,28-30,33-34H2,(H,56,63)/t45-,46+,47+,48+,49-,50-,55+/m0/s1. The number of hydrogen-bond donors (Lipinski definition) is 4. The smallest absolute Gasteiger partial charge is 0.421 e. The minimum absolute atomic E-state index is 0.0281. The first-order chi connectivity index (χ1) is 34.6. The van der Waals surface area contributed by atoms with Crippen molar-refractivity contribution in [3.63, 3.8) is 0 Å². The number of carbonyl (C=O) groups excluding carboxylic acids is 4. The number of benzene rings is 6. The number of esters is 1. The van der Waals surface area contributed by atoms with Crippen molar-refractivity contribution in [3.8, 4) is 17.6 Å². The molecule has 3 amide bonds. The molecule has 0 unspecified atom stereocenters. The first kappa shape index (κ1) is 47.8. The van der Waals surface area contributed by atoms with Crippen molar-refractivity contribution in [1.82, 2.24) is 10.2 Å². The van der Waals surface area contributed by atoms with Crippen molar-refractivity contribution in [2.45, 2.75) is 48.8 Å². The van der Waals surface area contributed by atoms with Gasteiger partial charge in [-0.2, -0.15) is 0 Å². The molecule has 360 valence electrons. The third kappa shape index (κ3) is 9.10. The highest BCUT2D eigenvalue weighted by Crippen LogP contribution is 2.66. The molecule has 16 heteroatoms. The Morgan fingerprint density at radius 2 is 1.48 bits per heavy atom. The summed E-state index contributed by atoms with van der Waals surface area (Å²) in [6, 6.07) is 40.1. The highest BCUT2D eigenvalue weighted by molar-refractivity contribution is 6.23. The Balaban J connectivity index is 1.30. The van der Waals surface area contributed by atoms with Gasteiger partial charge in [0.25, 0.3) is 5.69 Å². The van der Waals surface area contributed by atoms with Crippen LogP contribution in [-0.4, -0.2) is 81.4 Å². The molecule has 1 spiro atoms. The molecule has 16 nitrogen and oxygen atoms in total. The lowest BCUT2D eigenvalue weighted by Gasteiger charge is -2.46. The van der Waals surface area contributed by atoms with Crippen LogP contribution in [0, 0.1) is 27.9 Å². The van der Waals surface area contributed by atoms with Crippen molar-refractivity contribution in [1.29, 1.82) is 0 Å². The first-order valence-corrected chi connectivity index (χ1v) is 23.0. The Hall–Kier alpha value is -8.20. The number of aliphatic hydroxyl groups excluding tert-OH is 3. The molecule has 0 saturated carbocycles. The molecule has 4 N–H and O–H groups in total. The van der Waals surface area contributed by atoms with Gasteiger partial charge in [-0.15, -0.1) is 0 Å². The molecular formula is C55H48N4O12. The molecule has 3 aliphatic heterocycles. The summed E-state index contributed by atoms with van der Waals surface area (Å²) in [5.74, 6) is 1.97. The highest BCUT2D eigenvalue weighted by Gasteiger charge is 2.75. The number of anilines is 1. The summed E-state index contributed by atoms with van der Waals surface area (Å²) in [6.07, 6.45) is -3.25. The SMILES string of the molecule is O=C1O[C@@H](c2ccccc2)[C@@H](c2ccccc2)N2[C@@H](c3cccc(OCCO)c3)[C@]3(C(=O)N(C(=O)OCc4ccc([N+](=O)[O-])cc4)c4ccc(C#CCCO)cc43)[C@@H](C(=O)NC[C@H](O)c3ccccc3)[C@H]12. The zero-order valence-corrected chi connectivity index (χ0v) is 38.1. The van der Waals surface area contributed by atoms with Gasteiger partial charge in [0.1, 0.15) is 36.5 Å². The number of hydrogen-bond acceptors (Lipinski definition) is 13. The summed E-state index contributed by atoms with van der Waals surface area (Å²) in [5, 5.41) is 45.2. The molecular weight excluding hydrogens is 909 g/mol. The van der Waals surface area contributed by atoms with E-state index in [0.29, 0.717) is 39.1 Å². The van der Waals surface area contributed by atoms with Crippen molar-refractivity contribution in [3.05, 3.63) is 207 Å². The number of nitro groups is 1. The summed E-state index contributed by atoms with van der Waals surface area (Å²) in [6.45, 7) is -1.37. The number of nitrogens with zero attached hydrogens (tertiary/aromatic N) is 3. The van der Waals surface area contributed by atoms with E-state index in [1.165, 1.54) is 30.3 Å². The van der Waals surface area contributed by atoms with Crippen LogP contribution in [0.1, 0.15) is 69.7 Å². The lowest BCUT2D eigenvalue weighted by molar-refractivity contribution is -0.384. The van der Waals surface area contributed by atoms with E-state index in [1.54, 1.807) is 66.7 Å². The van der Waals surface area contributed by atoms with Gasteiger partial charge in [0.15, 0.2) is 0 Å². The van der Waals surface area contributed by atoms with Gasteiger partial charge in [-0.1, -0.05) is 115 Å². The van der Waals surface area contributed by atoms with E-state index in [2.05, 4.69) is 17.2 Å². The Morgan fingerprint density at radius 3 is 2.15 bits per heavy atom. The van der Waals surface area contributed by atoms with Crippen LogP contribution in [0.4, 0.5) is 16.2 Å². The van der Waals surface area contributed by atoms with Gasteiger partial charge in [-0.25, -0.2) is 9.69 Å². The van der Waals surface area contributed by atoms with Crippen LogP contribution in [-0.2, 0) is 35.9 Å². The third-order valence-electron chi connectivity index (χ3n) is 13.1. The van der Waals surface area contributed by atoms with Crippen LogP contribution in [0.3, 0.4) is 0 Å². The molecule has 2 fully saturated rings. The minimum atomic E-state index is -2.21. The average Bonchev–Trinajstić information content (AvgIpc) is 3.86. The average molecular weight is 957 g/mol. The van der Waals surface area contributed by atoms with Crippen molar-refractivity contribution in [2.24, 2.45) is 5.92 Å². The maximum Gasteiger partial charge on any atom is 0.421 e. The van der Waals surface area contributed by atoms with E-state index in [0.717, 1.165) is 4.90 Å². The van der Waals surface area contributed by atoms with Gasteiger partial charge in [0.05, 0.1) is 47.9 Å². The van der Waals surface area contributed by atoms with Crippen LogP contribution in [0.25, 0.3) is 0 Å². The second-order valence-electron chi connectivity index (χ2n) is 17.2. The van der Waals surface area contributed by atoms with Crippen LogP contribution in [0.2, 0.25) is 0 Å². The largest absolute Gasteiger partial charge is 0.491 e. The fourth-order valence-corrected chi connectivity index (χ4v) is 10.1. The topological polar surface area (TPSA) is 218 Å². The van der Waals surface area contributed by atoms with Crippen molar-refractivity contribution < 1.29 is 53.6 Å². The van der Waals surface area contributed by atoms with Crippen molar-refractivity contribution in [2.75, 3.05) is 31.3 Å². The summed E-state index contributed by atoms with van der Waals surface area (Å²) in [4.78, 5) is 75.9. The van der Waals surface area contributed by atoms with E-state index in [-0.39, 0.29) is 49.7 Å². The number of amides is 3. The zero-order valence-electron chi connectivity index (χ0n) is 38.1. The molecule has 0 radical (unpaired) electrons. The van der Waals surface area contributed by atoms with Crippen LogP contribution in [0.5, 0.6) is 5.75 Å². The number of fused-ring (bicyclic) bond motifs is 3. The fraction of sp³-hybridized carbons (Fsp3) is 0.236. The van der Waals surface area contributed by atoms with Gasteiger partial charge in [-0.05, 0) is 75.8 Å². The lowest BCUT2D eigenvalue weighted by Crippen LogP contribution is -2.56. The maximum absolute atomic E-state index is 16.5. The van der Waals surface area contributed by atoms with Crippen LogP contribution < -0.4 is 15.0 Å². The summed E-state index contributed by atoms with van der Waals surface area (Å²) < 4.78 is 18.3. The number of non-ortho nitro benzene ring substituents is 1. The molecule has 9 rings (SSSR count). The Labute approximate surface area is 408 Å². The number of ether oxygens (including phenoxy) is 3. The van der Waals surface area contributed by atoms with E-state index < -0.39 is 77.1 Å². The third-order valence-corrected chi connectivity index (χ3v) is 13.1. The first-order valence-electron chi connectivity index (χ1n) is 23.0. The van der Waals surface area contributed by atoms with Gasteiger partial charge in [0, 0.05) is 30.7 Å². The number of imide groups is 1. The van der Waals surface area contributed by atoms with Gasteiger partial charge < -0.3 is 34.8 Å². The monoisotopic (exact) mass is 956 g/mol. The number of nitro benzene ring substituents is 1. The van der Waals surface area contributed by atoms with Crippen molar-refractivity contribution >= 4 is 35.3 Å². The molecule has 0 aromatic heterocycles. The van der Waals surface area contributed by atoms with Crippen LogP contribution in [0.15, 0.2) is 158 Å². The molecule has 3 heterocycles. The summed E-state index contributed by atoms with van der Waals surface area (Å²) >= 11 is 0. The van der Waals surface area contributed by atoms with E-state index in [4.69, 9.17) is 14.2 Å².